The number of nitrogens with zero attached hydrogens (tertiary/aromatic N) is 4. The van der Waals surface area contributed by atoms with Crippen LogP contribution in [0, 0.1) is 5.92 Å². The molecular formula is C20H28IN5. The number of piperidine rings is 1. The molecule has 1 fully saturated rings. The van der Waals surface area contributed by atoms with Crippen molar-refractivity contribution >= 4 is 29.9 Å². The van der Waals surface area contributed by atoms with E-state index < -0.39 is 0 Å². The molecule has 2 heterocycles. The monoisotopic (exact) mass is 465 g/mol. The number of hydrogen-bond acceptors (Lipinski definition) is 2. The van der Waals surface area contributed by atoms with Gasteiger partial charge in [0, 0.05) is 45.0 Å². The number of likely N-dealkylation sites (tertiary alicyclic amines) is 1. The highest BCUT2D eigenvalue weighted by molar-refractivity contribution is 14.0. The Balaban J connectivity index is 0.00000196. The minimum atomic E-state index is 0. The van der Waals surface area contributed by atoms with Gasteiger partial charge in [-0.15, -0.1) is 24.0 Å². The molecule has 5 nitrogen and oxygen atoms in total. The summed E-state index contributed by atoms with van der Waals surface area (Å²) in [6.07, 6.45) is 8.23. The topological polar surface area (TPSA) is 45.5 Å². The third-order valence-electron chi connectivity index (χ3n) is 5.81. The Kier molecular flexibility index (Phi) is 6.21. The van der Waals surface area contributed by atoms with E-state index in [1.165, 1.54) is 24.0 Å². The molecule has 0 amide bonds. The number of imidazole rings is 1. The van der Waals surface area contributed by atoms with Crippen LogP contribution >= 0.6 is 24.0 Å². The maximum atomic E-state index is 4.55. The van der Waals surface area contributed by atoms with Crippen molar-refractivity contribution < 1.29 is 0 Å². The summed E-state index contributed by atoms with van der Waals surface area (Å²) in [6.45, 7) is 5.35. The highest BCUT2D eigenvalue weighted by atomic mass is 127. The molecular weight excluding hydrogens is 437 g/mol. The second-order valence-electron chi connectivity index (χ2n) is 7.32. The van der Waals surface area contributed by atoms with Crippen molar-refractivity contribution in [1.29, 1.82) is 0 Å². The van der Waals surface area contributed by atoms with E-state index >= 15 is 0 Å². The molecule has 0 saturated carbocycles. The fourth-order valence-corrected chi connectivity index (χ4v) is 4.19. The van der Waals surface area contributed by atoms with Crippen LogP contribution in [0.1, 0.15) is 36.4 Å². The second kappa shape index (κ2) is 8.41. The highest BCUT2D eigenvalue weighted by Crippen LogP contribution is 2.34. The Bertz CT molecular complexity index is 742. The van der Waals surface area contributed by atoms with Gasteiger partial charge in [-0.2, -0.15) is 0 Å². The first kappa shape index (κ1) is 19.2. The van der Waals surface area contributed by atoms with Crippen LogP contribution in [0.4, 0.5) is 0 Å². The summed E-state index contributed by atoms with van der Waals surface area (Å²) >= 11 is 0. The Morgan fingerprint density at radius 1 is 1.35 bits per heavy atom. The van der Waals surface area contributed by atoms with Crippen molar-refractivity contribution in [2.75, 3.05) is 26.7 Å². The van der Waals surface area contributed by atoms with Gasteiger partial charge in [0.25, 0.3) is 0 Å². The Morgan fingerprint density at radius 2 is 2.19 bits per heavy atom. The van der Waals surface area contributed by atoms with E-state index in [9.17, 15) is 0 Å². The predicted molar refractivity (Wildman–Crippen MR) is 116 cm³/mol. The van der Waals surface area contributed by atoms with E-state index in [4.69, 9.17) is 0 Å². The van der Waals surface area contributed by atoms with E-state index in [1.807, 2.05) is 19.6 Å². The second-order valence-corrected chi connectivity index (χ2v) is 7.32. The highest BCUT2D eigenvalue weighted by Gasteiger charge is 2.30. The van der Waals surface area contributed by atoms with E-state index in [0.717, 1.165) is 25.6 Å². The van der Waals surface area contributed by atoms with E-state index in [-0.39, 0.29) is 24.0 Å². The third-order valence-corrected chi connectivity index (χ3v) is 5.81. The maximum Gasteiger partial charge on any atom is 0.193 e. The molecule has 1 aromatic carbocycles. The SMILES string of the molecule is CN=C(NCC1Cc2ccccc21)N1CCC(C)C(n2ccnc2)C1.I. The first-order chi connectivity index (χ1) is 12.3. The van der Waals surface area contributed by atoms with Gasteiger partial charge in [0.05, 0.1) is 12.4 Å². The summed E-state index contributed by atoms with van der Waals surface area (Å²) in [5.74, 6) is 2.30. The minimum Gasteiger partial charge on any atom is -0.356 e. The molecule has 0 spiro atoms. The number of aromatic nitrogens is 2. The quantitative estimate of drug-likeness (QED) is 0.430. The summed E-state index contributed by atoms with van der Waals surface area (Å²) < 4.78 is 2.24. The van der Waals surface area contributed by atoms with E-state index in [2.05, 4.69) is 62.1 Å². The zero-order chi connectivity index (χ0) is 17.2. The fourth-order valence-electron chi connectivity index (χ4n) is 4.19. The molecule has 1 N–H and O–H groups in total. The normalized spacial score (nSPS) is 25.1. The first-order valence-electron chi connectivity index (χ1n) is 9.27. The van der Waals surface area contributed by atoms with Crippen LogP contribution < -0.4 is 5.32 Å². The van der Waals surface area contributed by atoms with Gasteiger partial charge in [0.15, 0.2) is 5.96 Å². The van der Waals surface area contributed by atoms with Gasteiger partial charge in [0.1, 0.15) is 0 Å². The number of fused-ring (bicyclic) bond motifs is 1. The molecule has 140 valence electrons. The maximum absolute atomic E-state index is 4.55. The summed E-state index contributed by atoms with van der Waals surface area (Å²) in [5, 5.41) is 3.61. The van der Waals surface area contributed by atoms with Crippen LogP contribution in [0.5, 0.6) is 0 Å². The molecule has 26 heavy (non-hydrogen) atoms. The average Bonchev–Trinajstić information content (AvgIpc) is 3.14. The molecule has 3 atom stereocenters. The average molecular weight is 465 g/mol. The van der Waals surface area contributed by atoms with Gasteiger partial charge in [-0.1, -0.05) is 31.2 Å². The molecule has 1 aliphatic heterocycles. The van der Waals surface area contributed by atoms with Gasteiger partial charge in [0.2, 0.25) is 0 Å². The fraction of sp³-hybridized carbons (Fsp3) is 0.500. The summed E-state index contributed by atoms with van der Waals surface area (Å²) in [6, 6.07) is 9.22. The largest absolute Gasteiger partial charge is 0.356 e. The molecule has 0 bridgehead atoms. The molecule has 4 rings (SSSR count). The van der Waals surface area contributed by atoms with Gasteiger partial charge >= 0.3 is 0 Å². The van der Waals surface area contributed by atoms with Crippen molar-refractivity contribution in [2.24, 2.45) is 10.9 Å². The number of benzene rings is 1. The smallest absolute Gasteiger partial charge is 0.193 e. The van der Waals surface area contributed by atoms with Crippen molar-refractivity contribution in [2.45, 2.75) is 31.7 Å². The molecule has 0 radical (unpaired) electrons. The van der Waals surface area contributed by atoms with Crippen molar-refractivity contribution in [1.82, 2.24) is 19.8 Å². The first-order valence-corrected chi connectivity index (χ1v) is 9.27. The van der Waals surface area contributed by atoms with Gasteiger partial charge in [-0.25, -0.2) is 4.98 Å². The zero-order valence-electron chi connectivity index (χ0n) is 15.5. The minimum absolute atomic E-state index is 0. The summed E-state index contributed by atoms with van der Waals surface area (Å²) in [5.41, 5.74) is 2.99. The molecule has 2 aromatic rings. The lowest BCUT2D eigenvalue weighted by atomic mass is 9.78. The molecule has 6 heteroatoms. The summed E-state index contributed by atoms with van der Waals surface area (Å²) in [4.78, 5) is 11.2. The predicted octanol–water partition coefficient (Wildman–Crippen LogP) is 3.30. The van der Waals surface area contributed by atoms with Crippen molar-refractivity contribution in [3.63, 3.8) is 0 Å². The molecule has 3 unspecified atom stereocenters. The van der Waals surface area contributed by atoms with Crippen LogP contribution in [0.25, 0.3) is 0 Å². The third kappa shape index (κ3) is 3.75. The number of rotatable bonds is 3. The van der Waals surface area contributed by atoms with Crippen molar-refractivity contribution in [3.05, 3.63) is 54.1 Å². The zero-order valence-corrected chi connectivity index (χ0v) is 17.8. The van der Waals surface area contributed by atoms with Gasteiger partial charge in [-0.05, 0) is 29.9 Å². The molecule has 1 aromatic heterocycles. The molecule has 2 aliphatic rings. The van der Waals surface area contributed by atoms with Crippen LogP contribution in [0.3, 0.4) is 0 Å². The number of nitrogens with one attached hydrogen (secondary N) is 1. The molecule has 1 saturated heterocycles. The molecule has 1 aliphatic carbocycles. The Labute approximate surface area is 172 Å². The van der Waals surface area contributed by atoms with Gasteiger partial charge in [-0.3, -0.25) is 4.99 Å². The van der Waals surface area contributed by atoms with Crippen LogP contribution in [-0.4, -0.2) is 47.1 Å². The Morgan fingerprint density at radius 3 is 2.92 bits per heavy atom. The summed E-state index contributed by atoms with van der Waals surface area (Å²) in [7, 11) is 1.89. The Hall–Kier alpha value is -1.57. The number of aliphatic imine (C=N–C) groups is 1. The van der Waals surface area contributed by atoms with E-state index in [0.29, 0.717) is 17.9 Å². The lowest BCUT2D eigenvalue weighted by molar-refractivity contribution is 0.189. The lowest BCUT2D eigenvalue weighted by Gasteiger charge is -2.40. The van der Waals surface area contributed by atoms with Crippen LogP contribution in [-0.2, 0) is 6.42 Å². The van der Waals surface area contributed by atoms with E-state index in [1.54, 1.807) is 0 Å². The van der Waals surface area contributed by atoms with Crippen LogP contribution in [0.15, 0.2) is 48.0 Å². The van der Waals surface area contributed by atoms with Crippen molar-refractivity contribution in [3.8, 4) is 0 Å². The lowest BCUT2D eigenvalue weighted by Crippen LogP contribution is -2.50. The number of hydrogen-bond donors (Lipinski definition) is 1. The standard InChI is InChI=1S/C20H27N5.HI/c1-15-7-9-24(13-19(15)25-10-8-22-14-25)20(21-2)23-12-17-11-16-5-3-4-6-18(16)17;/h3-6,8,10,14-15,17,19H,7,9,11-13H2,1-2H3,(H,21,23);1H. The van der Waals surface area contributed by atoms with Gasteiger partial charge < -0.3 is 14.8 Å². The number of guanidine groups is 1. The van der Waals surface area contributed by atoms with Crippen LogP contribution in [0.2, 0.25) is 0 Å². The number of halogens is 1.